The van der Waals surface area contributed by atoms with Crippen molar-refractivity contribution in [3.63, 3.8) is 0 Å². The maximum absolute atomic E-state index is 13.4. The zero-order chi connectivity index (χ0) is 16.3. The molecule has 1 heterocycles. The van der Waals surface area contributed by atoms with Crippen molar-refractivity contribution < 1.29 is 4.79 Å². The summed E-state index contributed by atoms with van der Waals surface area (Å²) in [6, 6.07) is 10.6. The lowest BCUT2D eigenvalue weighted by Crippen LogP contribution is -2.49. The first-order chi connectivity index (χ1) is 11.1. The molecule has 1 aromatic carbocycles. The molecule has 1 amide bonds. The van der Waals surface area contributed by atoms with Gasteiger partial charge in [-0.05, 0) is 57.9 Å². The van der Waals surface area contributed by atoms with Gasteiger partial charge in [-0.1, -0.05) is 48.4 Å². The number of hydrogen-bond donors (Lipinski definition) is 0. The SMILES string of the molecule is C/C1=C/CCCCC2(CCCN(C(C)c3ccccc3)C2=O)C1. The van der Waals surface area contributed by atoms with Crippen molar-refractivity contribution in [2.24, 2.45) is 5.41 Å². The van der Waals surface area contributed by atoms with E-state index in [0.29, 0.717) is 5.91 Å². The Morgan fingerprint density at radius 3 is 2.61 bits per heavy atom. The van der Waals surface area contributed by atoms with E-state index >= 15 is 0 Å². The molecular weight excluding hydrogens is 282 g/mol. The summed E-state index contributed by atoms with van der Waals surface area (Å²) in [4.78, 5) is 15.6. The Morgan fingerprint density at radius 2 is 1.83 bits per heavy atom. The van der Waals surface area contributed by atoms with Gasteiger partial charge in [0, 0.05) is 6.54 Å². The van der Waals surface area contributed by atoms with Gasteiger partial charge in [0.25, 0.3) is 0 Å². The molecule has 0 saturated carbocycles. The molecule has 2 nitrogen and oxygen atoms in total. The molecule has 0 aromatic heterocycles. The van der Waals surface area contributed by atoms with Gasteiger partial charge < -0.3 is 4.90 Å². The van der Waals surface area contributed by atoms with Crippen LogP contribution in [0.2, 0.25) is 0 Å². The van der Waals surface area contributed by atoms with E-state index in [4.69, 9.17) is 0 Å². The average Bonchev–Trinajstić information content (AvgIpc) is 2.55. The Labute approximate surface area is 140 Å². The summed E-state index contributed by atoms with van der Waals surface area (Å²) in [5.41, 5.74) is 2.52. The Bertz CT molecular complexity index is 577. The monoisotopic (exact) mass is 311 g/mol. The quantitative estimate of drug-likeness (QED) is 0.682. The zero-order valence-electron chi connectivity index (χ0n) is 14.6. The lowest BCUT2D eigenvalue weighted by atomic mass is 9.69. The van der Waals surface area contributed by atoms with E-state index in [1.165, 1.54) is 30.4 Å². The summed E-state index contributed by atoms with van der Waals surface area (Å²) < 4.78 is 0. The Balaban J connectivity index is 1.85. The van der Waals surface area contributed by atoms with E-state index in [0.717, 1.165) is 32.2 Å². The van der Waals surface area contributed by atoms with Gasteiger partial charge in [0.2, 0.25) is 5.91 Å². The standard InChI is InChI=1S/C21H29NO/c1-17-10-5-4-8-13-21(16-17)14-9-15-22(20(21)23)18(2)19-11-6-3-7-12-19/h3,6-7,10-12,18H,4-5,8-9,13-16H2,1-2H3/b17-10-. The van der Waals surface area contributed by atoms with Gasteiger partial charge in [-0.2, -0.15) is 0 Å². The number of carbonyl (C=O) groups excluding carboxylic acids is 1. The van der Waals surface area contributed by atoms with E-state index in [1.54, 1.807) is 0 Å². The second kappa shape index (κ2) is 6.90. The minimum Gasteiger partial charge on any atom is -0.335 e. The van der Waals surface area contributed by atoms with E-state index in [9.17, 15) is 4.79 Å². The summed E-state index contributed by atoms with van der Waals surface area (Å²) >= 11 is 0. The molecule has 3 rings (SSSR count). The number of hydrogen-bond acceptors (Lipinski definition) is 1. The molecule has 124 valence electrons. The van der Waals surface area contributed by atoms with Crippen molar-refractivity contribution >= 4 is 5.91 Å². The van der Waals surface area contributed by atoms with Crippen molar-refractivity contribution in [1.82, 2.24) is 4.90 Å². The highest BCUT2D eigenvalue weighted by Crippen LogP contribution is 2.44. The van der Waals surface area contributed by atoms with Gasteiger partial charge in [0.1, 0.15) is 0 Å². The van der Waals surface area contributed by atoms with Crippen molar-refractivity contribution in [3.8, 4) is 0 Å². The van der Waals surface area contributed by atoms with E-state index in [2.05, 4.69) is 49.1 Å². The van der Waals surface area contributed by atoms with E-state index in [-0.39, 0.29) is 11.5 Å². The number of nitrogens with zero attached hydrogens (tertiary/aromatic N) is 1. The van der Waals surface area contributed by atoms with Crippen LogP contribution in [0.5, 0.6) is 0 Å². The molecule has 1 fully saturated rings. The van der Waals surface area contributed by atoms with Crippen LogP contribution in [0.4, 0.5) is 0 Å². The molecule has 1 aliphatic heterocycles. The summed E-state index contributed by atoms with van der Waals surface area (Å²) in [7, 11) is 0. The fourth-order valence-electron chi connectivity index (χ4n) is 4.43. The van der Waals surface area contributed by atoms with Gasteiger partial charge in [0.05, 0.1) is 11.5 Å². The topological polar surface area (TPSA) is 20.3 Å². The average molecular weight is 311 g/mol. The Kier molecular flexibility index (Phi) is 4.89. The van der Waals surface area contributed by atoms with Crippen LogP contribution in [0.25, 0.3) is 0 Å². The third-order valence-electron chi connectivity index (χ3n) is 5.74. The molecule has 0 radical (unpaired) electrons. The molecule has 1 aromatic rings. The molecule has 2 atom stereocenters. The van der Waals surface area contributed by atoms with Crippen molar-refractivity contribution in [2.75, 3.05) is 6.54 Å². The highest BCUT2D eigenvalue weighted by atomic mass is 16.2. The van der Waals surface area contributed by atoms with Crippen molar-refractivity contribution in [3.05, 3.63) is 47.5 Å². The van der Waals surface area contributed by atoms with Crippen LogP contribution in [0.1, 0.15) is 70.4 Å². The van der Waals surface area contributed by atoms with Crippen LogP contribution < -0.4 is 0 Å². The minimum absolute atomic E-state index is 0.137. The van der Waals surface area contributed by atoms with Crippen LogP contribution in [0.15, 0.2) is 42.0 Å². The largest absolute Gasteiger partial charge is 0.335 e. The second-order valence-electron chi connectivity index (χ2n) is 7.44. The Hall–Kier alpha value is -1.57. The molecule has 1 aliphatic carbocycles. The number of likely N-dealkylation sites (tertiary alicyclic amines) is 1. The van der Waals surface area contributed by atoms with Crippen LogP contribution in [0.3, 0.4) is 0 Å². The number of piperidine rings is 1. The molecule has 2 heteroatoms. The molecular formula is C21H29NO. The first-order valence-electron chi connectivity index (χ1n) is 9.14. The minimum atomic E-state index is -0.137. The zero-order valence-corrected chi connectivity index (χ0v) is 14.6. The molecule has 23 heavy (non-hydrogen) atoms. The Morgan fingerprint density at radius 1 is 1.09 bits per heavy atom. The first-order valence-corrected chi connectivity index (χ1v) is 9.14. The lowest BCUT2D eigenvalue weighted by molar-refractivity contribution is -0.149. The van der Waals surface area contributed by atoms with Gasteiger partial charge in [-0.25, -0.2) is 0 Å². The van der Waals surface area contributed by atoms with E-state index in [1.807, 2.05) is 6.07 Å². The van der Waals surface area contributed by atoms with Crippen LogP contribution in [-0.4, -0.2) is 17.4 Å². The first kappa shape index (κ1) is 16.3. The smallest absolute Gasteiger partial charge is 0.229 e. The number of rotatable bonds is 2. The second-order valence-corrected chi connectivity index (χ2v) is 7.44. The third kappa shape index (κ3) is 3.36. The predicted molar refractivity (Wildman–Crippen MR) is 95.1 cm³/mol. The fraction of sp³-hybridized carbons (Fsp3) is 0.571. The van der Waals surface area contributed by atoms with E-state index < -0.39 is 0 Å². The van der Waals surface area contributed by atoms with Crippen LogP contribution in [-0.2, 0) is 4.79 Å². The predicted octanol–water partition coefficient (Wildman–Crippen LogP) is 5.27. The maximum atomic E-state index is 13.4. The van der Waals surface area contributed by atoms with Gasteiger partial charge in [0.15, 0.2) is 0 Å². The summed E-state index contributed by atoms with van der Waals surface area (Å²) in [6.45, 7) is 5.29. The highest BCUT2D eigenvalue weighted by Gasteiger charge is 2.44. The number of allylic oxidation sites excluding steroid dienone is 2. The molecule has 2 aliphatic rings. The molecule has 0 bridgehead atoms. The normalized spacial score (nSPS) is 29.6. The summed E-state index contributed by atoms with van der Waals surface area (Å²) in [5.74, 6) is 0.398. The molecule has 0 N–H and O–H groups in total. The summed E-state index contributed by atoms with van der Waals surface area (Å²) in [5, 5.41) is 0. The maximum Gasteiger partial charge on any atom is 0.229 e. The molecule has 2 unspecified atom stereocenters. The van der Waals surface area contributed by atoms with Gasteiger partial charge >= 0.3 is 0 Å². The van der Waals surface area contributed by atoms with Crippen LogP contribution >= 0.6 is 0 Å². The number of benzene rings is 1. The van der Waals surface area contributed by atoms with Crippen molar-refractivity contribution in [2.45, 2.75) is 64.8 Å². The lowest BCUT2D eigenvalue weighted by Gasteiger charge is -2.45. The van der Waals surface area contributed by atoms with Gasteiger partial charge in [-0.15, -0.1) is 0 Å². The molecule has 1 saturated heterocycles. The number of carbonyl (C=O) groups is 1. The summed E-state index contributed by atoms with van der Waals surface area (Å²) in [6.07, 6.45) is 10.2. The fourth-order valence-corrected chi connectivity index (χ4v) is 4.43. The number of amides is 1. The van der Waals surface area contributed by atoms with Crippen LogP contribution in [0, 0.1) is 5.41 Å². The van der Waals surface area contributed by atoms with Crippen molar-refractivity contribution in [1.29, 1.82) is 0 Å². The van der Waals surface area contributed by atoms with Gasteiger partial charge in [-0.3, -0.25) is 4.79 Å². The highest BCUT2D eigenvalue weighted by molar-refractivity contribution is 5.84. The third-order valence-corrected chi connectivity index (χ3v) is 5.74. The molecule has 1 spiro atoms.